The molecule has 0 unspecified atom stereocenters. The van der Waals surface area contributed by atoms with Crippen LogP contribution in [-0.4, -0.2) is 48.8 Å². The molecular formula is C29H32IN5O3. The third kappa shape index (κ3) is 8.03. The zero-order chi connectivity index (χ0) is 26.9. The summed E-state index contributed by atoms with van der Waals surface area (Å²) in [7, 11) is 0. The molecule has 0 aromatic heterocycles. The number of piperidine rings is 1. The summed E-state index contributed by atoms with van der Waals surface area (Å²) < 4.78 is 0.904. The van der Waals surface area contributed by atoms with E-state index in [0.29, 0.717) is 29.3 Å². The summed E-state index contributed by atoms with van der Waals surface area (Å²) >= 11 is 2.12. The molecular weight excluding hydrogens is 593 g/mol. The number of benzene rings is 3. The van der Waals surface area contributed by atoms with Crippen LogP contribution in [0.2, 0.25) is 0 Å². The minimum atomic E-state index is -0.352. The molecule has 3 aromatic rings. The molecule has 3 amide bonds. The first-order chi connectivity index (χ1) is 18.4. The number of halogens is 1. The van der Waals surface area contributed by atoms with Crippen molar-refractivity contribution in [3.05, 3.63) is 93.1 Å². The summed E-state index contributed by atoms with van der Waals surface area (Å²) in [5.41, 5.74) is 9.21. The zero-order valence-electron chi connectivity index (χ0n) is 21.1. The van der Waals surface area contributed by atoms with Gasteiger partial charge in [-0.15, -0.1) is 0 Å². The third-order valence-electron chi connectivity index (χ3n) is 6.62. The van der Waals surface area contributed by atoms with Gasteiger partial charge in [-0.05, 0) is 102 Å². The maximum Gasteiger partial charge on any atom is 0.255 e. The van der Waals surface area contributed by atoms with Crippen LogP contribution in [0.3, 0.4) is 0 Å². The lowest BCUT2D eigenvalue weighted by Crippen LogP contribution is -2.41. The third-order valence-corrected chi connectivity index (χ3v) is 7.29. The highest BCUT2D eigenvalue weighted by Crippen LogP contribution is 2.19. The van der Waals surface area contributed by atoms with E-state index in [2.05, 4.69) is 43.4 Å². The van der Waals surface area contributed by atoms with E-state index < -0.39 is 0 Å². The van der Waals surface area contributed by atoms with Gasteiger partial charge in [-0.1, -0.05) is 30.3 Å². The van der Waals surface area contributed by atoms with Gasteiger partial charge in [0.25, 0.3) is 11.8 Å². The molecule has 1 fully saturated rings. The monoisotopic (exact) mass is 625 g/mol. The number of para-hydroxylation sites is 1. The van der Waals surface area contributed by atoms with E-state index in [0.717, 1.165) is 47.3 Å². The quantitative estimate of drug-likeness (QED) is 0.213. The van der Waals surface area contributed by atoms with Gasteiger partial charge >= 0.3 is 0 Å². The van der Waals surface area contributed by atoms with Gasteiger partial charge in [-0.25, -0.2) is 0 Å². The average Bonchev–Trinajstić information content (AvgIpc) is 2.93. The number of nitrogen functional groups attached to an aromatic ring is 1. The molecule has 0 radical (unpaired) electrons. The molecule has 1 aliphatic rings. The lowest BCUT2D eigenvalue weighted by Gasteiger charge is -2.32. The van der Waals surface area contributed by atoms with Gasteiger partial charge < -0.3 is 21.7 Å². The molecule has 0 saturated carbocycles. The number of carbonyl (C=O) groups is 3. The van der Waals surface area contributed by atoms with Crippen LogP contribution >= 0.6 is 22.6 Å². The maximum atomic E-state index is 12.4. The van der Waals surface area contributed by atoms with E-state index in [9.17, 15) is 14.4 Å². The fourth-order valence-electron chi connectivity index (χ4n) is 4.39. The minimum absolute atomic E-state index is 0.0814. The zero-order valence-corrected chi connectivity index (χ0v) is 23.2. The van der Waals surface area contributed by atoms with Crippen LogP contribution in [0.1, 0.15) is 39.1 Å². The highest BCUT2D eigenvalue weighted by molar-refractivity contribution is 14.1. The first-order valence-electron chi connectivity index (χ1n) is 12.6. The van der Waals surface area contributed by atoms with Gasteiger partial charge in [-0.2, -0.15) is 0 Å². The van der Waals surface area contributed by atoms with Crippen molar-refractivity contribution in [1.29, 1.82) is 0 Å². The van der Waals surface area contributed by atoms with Crippen LogP contribution < -0.4 is 21.7 Å². The number of nitrogens with zero attached hydrogens (tertiary/aromatic N) is 1. The van der Waals surface area contributed by atoms with Gasteiger partial charge in [0.2, 0.25) is 5.91 Å². The Morgan fingerprint density at radius 3 is 2.32 bits per heavy atom. The second kappa shape index (κ2) is 13.4. The smallest absolute Gasteiger partial charge is 0.255 e. The Labute approximate surface area is 236 Å². The summed E-state index contributed by atoms with van der Waals surface area (Å²) in [5, 5.41) is 8.49. The molecule has 0 spiro atoms. The number of likely N-dealkylation sites (tertiary alicyclic amines) is 1. The van der Waals surface area contributed by atoms with E-state index >= 15 is 0 Å². The highest BCUT2D eigenvalue weighted by atomic mass is 127. The van der Waals surface area contributed by atoms with Crippen molar-refractivity contribution >= 4 is 51.7 Å². The van der Waals surface area contributed by atoms with Gasteiger partial charge in [0, 0.05) is 33.6 Å². The number of hydrogen-bond donors (Lipinski definition) is 4. The van der Waals surface area contributed by atoms with Crippen LogP contribution in [0.5, 0.6) is 0 Å². The number of nitrogens with two attached hydrogens (primary N) is 1. The van der Waals surface area contributed by atoms with Gasteiger partial charge in [0.15, 0.2) is 0 Å². The molecule has 5 N–H and O–H groups in total. The van der Waals surface area contributed by atoms with Crippen LogP contribution in [0.25, 0.3) is 0 Å². The Hall–Kier alpha value is -3.44. The molecule has 9 heteroatoms. The van der Waals surface area contributed by atoms with Crippen LogP contribution in [0, 0.1) is 9.49 Å². The van der Waals surface area contributed by atoms with Crippen LogP contribution in [-0.2, 0) is 11.3 Å². The van der Waals surface area contributed by atoms with Crippen LogP contribution in [0.15, 0.2) is 72.8 Å². The van der Waals surface area contributed by atoms with E-state index in [4.69, 9.17) is 5.73 Å². The van der Waals surface area contributed by atoms with Gasteiger partial charge in [-0.3, -0.25) is 19.3 Å². The number of amides is 3. The molecule has 1 aliphatic heterocycles. The van der Waals surface area contributed by atoms with E-state index in [-0.39, 0.29) is 24.3 Å². The molecule has 0 atom stereocenters. The lowest BCUT2D eigenvalue weighted by atomic mass is 9.96. The molecule has 8 nitrogen and oxygen atoms in total. The van der Waals surface area contributed by atoms with Crippen molar-refractivity contribution in [2.24, 2.45) is 5.92 Å². The lowest BCUT2D eigenvalue weighted by molar-refractivity contribution is -0.120. The molecule has 0 bridgehead atoms. The number of hydrogen-bond acceptors (Lipinski definition) is 5. The predicted molar refractivity (Wildman–Crippen MR) is 158 cm³/mol. The largest absolute Gasteiger partial charge is 0.398 e. The van der Waals surface area contributed by atoms with E-state index in [1.165, 1.54) is 0 Å². The molecule has 1 saturated heterocycles. The number of carbonyl (C=O) groups excluding carboxylic acids is 3. The predicted octanol–water partition coefficient (Wildman–Crippen LogP) is 3.88. The Balaban J connectivity index is 1.14. The topological polar surface area (TPSA) is 117 Å². The Morgan fingerprint density at radius 1 is 0.895 bits per heavy atom. The molecule has 198 valence electrons. The Bertz CT molecular complexity index is 1260. The normalized spacial score (nSPS) is 14.0. The average molecular weight is 626 g/mol. The molecule has 3 aromatic carbocycles. The van der Waals surface area contributed by atoms with Crippen molar-refractivity contribution in [3.8, 4) is 0 Å². The fourth-order valence-corrected chi connectivity index (χ4v) is 4.89. The first kappa shape index (κ1) is 27.6. The van der Waals surface area contributed by atoms with Gasteiger partial charge in [0.1, 0.15) is 0 Å². The summed E-state index contributed by atoms with van der Waals surface area (Å²) in [5.74, 6) is -0.277. The maximum absolute atomic E-state index is 12.4. The van der Waals surface area contributed by atoms with Crippen molar-refractivity contribution < 1.29 is 14.4 Å². The van der Waals surface area contributed by atoms with Crippen molar-refractivity contribution in [1.82, 2.24) is 15.5 Å². The summed E-state index contributed by atoms with van der Waals surface area (Å²) in [6, 6.07) is 22.4. The standard InChI is InChI=1S/C29H32IN5O3/c30-23-10-11-26(31)25(16-23)29(38)33-18-27(36)32-17-20-12-14-35(15-13-20)19-21-6-8-22(9-7-21)28(37)34-24-4-2-1-3-5-24/h1-11,16,20H,12-15,17-19,31H2,(H,32,36)(H,33,38)(H,34,37). The van der Waals surface area contributed by atoms with E-state index in [1.54, 1.807) is 12.1 Å². The van der Waals surface area contributed by atoms with Crippen LogP contribution in [0.4, 0.5) is 11.4 Å². The van der Waals surface area contributed by atoms with E-state index in [1.807, 2.05) is 60.7 Å². The number of nitrogens with one attached hydrogen (secondary N) is 3. The first-order valence-corrected chi connectivity index (χ1v) is 13.7. The SMILES string of the molecule is Nc1ccc(I)cc1C(=O)NCC(=O)NCC1CCN(Cc2ccc(C(=O)Nc3ccccc3)cc2)CC1. The fraction of sp³-hybridized carbons (Fsp3) is 0.276. The number of rotatable bonds is 9. The second-order valence-corrected chi connectivity index (χ2v) is 10.7. The summed E-state index contributed by atoms with van der Waals surface area (Å²) in [6.45, 7) is 3.23. The number of anilines is 2. The summed E-state index contributed by atoms with van der Waals surface area (Å²) in [6.07, 6.45) is 1.98. The van der Waals surface area contributed by atoms with Crippen molar-refractivity contribution in [3.63, 3.8) is 0 Å². The van der Waals surface area contributed by atoms with Gasteiger partial charge in [0.05, 0.1) is 12.1 Å². The second-order valence-electron chi connectivity index (χ2n) is 9.45. The highest BCUT2D eigenvalue weighted by Gasteiger charge is 2.20. The molecule has 0 aliphatic carbocycles. The molecule has 4 rings (SSSR count). The molecule has 1 heterocycles. The minimum Gasteiger partial charge on any atom is -0.398 e. The summed E-state index contributed by atoms with van der Waals surface area (Å²) in [4.78, 5) is 39.4. The molecule has 38 heavy (non-hydrogen) atoms. The van der Waals surface area contributed by atoms with Crippen molar-refractivity contribution in [2.45, 2.75) is 19.4 Å². The Kier molecular flexibility index (Phi) is 9.72. The van der Waals surface area contributed by atoms with Crippen molar-refractivity contribution in [2.75, 3.05) is 37.2 Å². The Morgan fingerprint density at radius 2 is 1.61 bits per heavy atom.